The maximum Gasteiger partial charge on any atom is 0.416 e. The van der Waals surface area contributed by atoms with E-state index in [-0.39, 0.29) is 24.4 Å². The highest BCUT2D eigenvalue weighted by atomic mass is 35.5. The van der Waals surface area contributed by atoms with Gasteiger partial charge in [-0.3, -0.25) is 9.59 Å². The largest absolute Gasteiger partial charge is 0.416 e. The molecule has 3 rings (SSSR count). The molecule has 1 saturated heterocycles. The molecule has 0 radical (unpaired) electrons. The second-order valence-electron chi connectivity index (χ2n) is 5.93. The van der Waals surface area contributed by atoms with Crippen LogP contribution in [-0.2, 0) is 11.0 Å². The lowest BCUT2D eigenvalue weighted by Crippen LogP contribution is -2.37. The Labute approximate surface area is 152 Å². The van der Waals surface area contributed by atoms with Crippen LogP contribution in [0.15, 0.2) is 48.5 Å². The van der Waals surface area contributed by atoms with E-state index in [9.17, 15) is 22.8 Å². The van der Waals surface area contributed by atoms with Crippen LogP contribution in [0.1, 0.15) is 22.3 Å². The zero-order valence-electron chi connectivity index (χ0n) is 13.4. The highest BCUT2D eigenvalue weighted by Gasteiger charge is 2.33. The van der Waals surface area contributed by atoms with Crippen molar-refractivity contribution in [1.82, 2.24) is 5.32 Å². The van der Waals surface area contributed by atoms with E-state index in [0.717, 1.165) is 12.1 Å². The molecular formula is C18H14ClF3N2O2. The van der Waals surface area contributed by atoms with Gasteiger partial charge in [0.15, 0.2) is 0 Å². The van der Waals surface area contributed by atoms with Gasteiger partial charge < -0.3 is 10.2 Å². The molecule has 1 heterocycles. The first kappa shape index (κ1) is 18.3. The number of nitrogens with zero attached hydrogens (tertiary/aromatic N) is 1. The molecule has 1 unspecified atom stereocenters. The standard InChI is InChI=1S/C18H14ClF3N2O2/c19-13-4-6-15(7-5-13)24-10-14(9-16(24)25)23-17(26)11-2-1-3-12(8-11)18(20,21)22/h1-8,14H,9-10H2,(H,23,26). The molecule has 8 heteroatoms. The summed E-state index contributed by atoms with van der Waals surface area (Å²) >= 11 is 5.82. The molecular weight excluding hydrogens is 369 g/mol. The van der Waals surface area contributed by atoms with Crippen LogP contribution in [0.5, 0.6) is 0 Å². The van der Waals surface area contributed by atoms with E-state index >= 15 is 0 Å². The van der Waals surface area contributed by atoms with Crippen molar-refractivity contribution in [3.8, 4) is 0 Å². The Morgan fingerprint density at radius 2 is 1.85 bits per heavy atom. The molecule has 1 fully saturated rings. The molecule has 0 aliphatic carbocycles. The minimum atomic E-state index is -4.52. The molecule has 26 heavy (non-hydrogen) atoms. The number of alkyl halides is 3. The van der Waals surface area contributed by atoms with Crippen LogP contribution in [0.2, 0.25) is 5.02 Å². The molecule has 0 spiro atoms. The summed E-state index contributed by atoms with van der Waals surface area (Å²) in [6.45, 7) is 0.241. The van der Waals surface area contributed by atoms with Crippen LogP contribution in [0, 0.1) is 0 Å². The molecule has 2 amide bonds. The van der Waals surface area contributed by atoms with E-state index in [1.165, 1.54) is 17.0 Å². The van der Waals surface area contributed by atoms with Crippen LogP contribution >= 0.6 is 11.6 Å². The molecule has 1 atom stereocenters. The number of halogens is 4. The van der Waals surface area contributed by atoms with Gasteiger partial charge in [0, 0.05) is 29.2 Å². The van der Waals surface area contributed by atoms with Crippen LogP contribution in [0.4, 0.5) is 18.9 Å². The average molecular weight is 383 g/mol. The first-order valence-corrected chi connectivity index (χ1v) is 8.16. The van der Waals surface area contributed by atoms with Gasteiger partial charge in [-0.25, -0.2) is 0 Å². The third kappa shape index (κ3) is 3.99. The van der Waals surface area contributed by atoms with Crippen molar-refractivity contribution in [2.45, 2.75) is 18.6 Å². The van der Waals surface area contributed by atoms with Crippen molar-refractivity contribution < 1.29 is 22.8 Å². The van der Waals surface area contributed by atoms with Gasteiger partial charge >= 0.3 is 6.18 Å². The lowest BCUT2D eigenvalue weighted by atomic mass is 10.1. The topological polar surface area (TPSA) is 49.4 Å². The molecule has 1 aliphatic heterocycles. The second-order valence-corrected chi connectivity index (χ2v) is 6.37. The Morgan fingerprint density at radius 1 is 1.15 bits per heavy atom. The quantitative estimate of drug-likeness (QED) is 0.875. The highest BCUT2D eigenvalue weighted by Crippen LogP contribution is 2.29. The van der Waals surface area contributed by atoms with Crippen molar-refractivity contribution in [3.05, 3.63) is 64.7 Å². The van der Waals surface area contributed by atoms with E-state index in [0.29, 0.717) is 10.7 Å². The fourth-order valence-electron chi connectivity index (χ4n) is 2.78. The molecule has 1 aliphatic rings. The number of carbonyl (C=O) groups is 2. The van der Waals surface area contributed by atoms with Crippen LogP contribution in [0.3, 0.4) is 0 Å². The Balaban J connectivity index is 1.69. The summed E-state index contributed by atoms with van der Waals surface area (Å²) < 4.78 is 38.3. The average Bonchev–Trinajstić information content (AvgIpc) is 2.95. The van der Waals surface area contributed by atoms with E-state index in [1.807, 2.05) is 0 Å². The second kappa shape index (κ2) is 6.99. The third-order valence-electron chi connectivity index (χ3n) is 4.05. The third-order valence-corrected chi connectivity index (χ3v) is 4.30. The summed E-state index contributed by atoms with van der Waals surface area (Å²) in [7, 11) is 0. The van der Waals surface area contributed by atoms with Crippen molar-refractivity contribution in [2.75, 3.05) is 11.4 Å². The Morgan fingerprint density at radius 3 is 2.50 bits per heavy atom. The summed E-state index contributed by atoms with van der Waals surface area (Å²) in [5.74, 6) is -0.825. The SMILES string of the molecule is O=C(NC1CC(=O)N(c2ccc(Cl)cc2)C1)c1cccc(C(F)(F)F)c1. The number of amides is 2. The molecule has 2 aromatic rings. The zero-order valence-corrected chi connectivity index (χ0v) is 14.1. The van der Waals surface area contributed by atoms with Crippen LogP contribution in [0.25, 0.3) is 0 Å². The minimum Gasteiger partial charge on any atom is -0.347 e. The van der Waals surface area contributed by atoms with E-state index < -0.39 is 23.7 Å². The predicted octanol–water partition coefficient (Wildman–Crippen LogP) is 3.89. The van der Waals surface area contributed by atoms with E-state index in [1.54, 1.807) is 24.3 Å². The fourth-order valence-corrected chi connectivity index (χ4v) is 2.91. The summed E-state index contributed by atoms with van der Waals surface area (Å²) in [5, 5.41) is 3.16. The molecule has 1 N–H and O–H groups in total. The number of rotatable bonds is 3. The molecule has 0 aromatic heterocycles. The molecule has 0 saturated carbocycles. The van der Waals surface area contributed by atoms with Crippen LogP contribution < -0.4 is 10.2 Å². The fraction of sp³-hybridized carbons (Fsp3) is 0.222. The van der Waals surface area contributed by atoms with Gasteiger partial charge in [0.2, 0.25) is 5.91 Å². The van der Waals surface area contributed by atoms with E-state index in [4.69, 9.17) is 11.6 Å². The van der Waals surface area contributed by atoms with Gasteiger partial charge in [0.05, 0.1) is 11.6 Å². The molecule has 136 valence electrons. The Kier molecular flexibility index (Phi) is 4.91. The summed E-state index contributed by atoms with van der Waals surface area (Å²) in [6, 6.07) is 10.4. The number of benzene rings is 2. The smallest absolute Gasteiger partial charge is 0.347 e. The van der Waals surface area contributed by atoms with Crippen molar-refractivity contribution >= 4 is 29.1 Å². The summed E-state index contributed by atoms with van der Waals surface area (Å²) in [6.07, 6.45) is -4.45. The summed E-state index contributed by atoms with van der Waals surface area (Å²) in [4.78, 5) is 25.9. The van der Waals surface area contributed by atoms with Crippen molar-refractivity contribution in [2.24, 2.45) is 0 Å². The van der Waals surface area contributed by atoms with E-state index in [2.05, 4.69) is 5.32 Å². The number of carbonyl (C=O) groups excluding carboxylic acids is 2. The number of nitrogens with one attached hydrogen (secondary N) is 1. The maximum atomic E-state index is 12.8. The highest BCUT2D eigenvalue weighted by molar-refractivity contribution is 6.30. The van der Waals surface area contributed by atoms with Gasteiger partial charge in [-0.2, -0.15) is 13.2 Å². The van der Waals surface area contributed by atoms with Crippen molar-refractivity contribution in [3.63, 3.8) is 0 Å². The Hall–Kier alpha value is -2.54. The number of anilines is 1. The molecule has 4 nitrogen and oxygen atoms in total. The molecule has 0 bridgehead atoms. The van der Waals surface area contributed by atoms with Gasteiger partial charge in [-0.05, 0) is 42.5 Å². The first-order chi connectivity index (χ1) is 12.2. The zero-order chi connectivity index (χ0) is 18.9. The summed E-state index contributed by atoms with van der Waals surface area (Å²) in [5.41, 5.74) is -0.345. The maximum absolute atomic E-state index is 12.8. The van der Waals surface area contributed by atoms with Gasteiger partial charge in [-0.1, -0.05) is 17.7 Å². The van der Waals surface area contributed by atoms with Gasteiger partial charge in [-0.15, -0.1) is 0 Å². The van der Waals surface area contributed by atoms with Gasteiger partial charge in [0.25, 0.3) is 5.91 Å². The van der Waals surface area contributed by atoms with Gasteiger partial charge in [0.1, 0.15) is 0 Å². The minimum absolute atomic E-state index is 0.0767. The van der Waals surface area contributed by atoms with Crippen molar-refractivity contribution in [1.29, 1.82) is 0 Å². The lowest BCUT2D eigenvalue weighted by molar-refractivity contribution is -0.137. The number of hydrogen-bond donors (Lipinski definition) is 1. The number of hydrogen-bond acceptors (Lipinski definition) is 2. The molecule has 2 aromatic carbocycles. The predicted molar refractivity (Wildman–Crippen MR) is 91.1 cm³/mol. The first-order valence-electron chi connectivity index (χ1n) is 7.78. The Bertz CT molecular complexity index is 837. The van der Waals surface area contributed by atoms with Crippen LogP contribution in [-0.4, -0.2) is 24.4 Å². The lowest BCUT2D eigenvalue weighted by Gasteiger charge is -2.17. The monoisotopic (exact) mass is 382 g/mol. The normalized spacial score (nSPS) is 17.5.